The molecule has 5 nitrogen and oxygen atoms in total. The summed E-state index contributed by atoms with van der Waals surface area (Å²) in [6.07, 6.45) is 0. The van der Waals surface area contributed by atoms with Crippen LogP contribution in [0.25, 0.3) is 0 Å². The van der Waals surface area contributed by atoms with Crippen LogP contribution < -0.4 is 15.2 Å². The van der Waals surface area contributed by atoms with Gasteiger partial charge in [0, 0.05) is 6.04 Å². The largest absolute Gasteiger partial charge is 0.493 e. The summed E-state index contributed by atoms with van der Waals surface area (Å²) in [5.74, 6) is 0.179. The minimum atomic E-state index is -1.06. The van der Waals surface area contributed by atoms with E-state index >= 15 is 0 Å². The lowest BCUT2D eigenvalue weighted by atomic mass is 9.81. The van der Waals surface area contributed by atoms with E-state index in [9.17, 15) is 4.79 Å². The molecule has 0 amide bonds. The minimum Gasteiger partial charge on any atom is -0.493 e. The van der Waals surface area contributed by atoms with Gasteiger partial charge < -0.3 is 20.3 Å². The summed E-state index contributed by atoms with van der Waals surface area (Å²) >= 11 is 0. The molecule has 1 unspecified atom stereocenters. The van der Waals surface area contributed by atoms with E-state index in [1.807, 2.05) is 0 Å². The number of methoxy groups -OCH3 is 2. The Morgan fingerprint density at radius 2 is 1.83 bits per heavy atom. The maximum atomic E-state index is 11.2. The standard InChI is InChI=1S/C13H19NO4/c1-13(2,12(15)16)11(14)8-5-6-9(17-3)10(7-8)18-4/h5-7,11H,14H2,1-4H3,(H,15,16). The first kappa shape index (κ1) is 14.3. The molecule has 0 aliphatic carbocycles. The lowest BCUT2D eigenvalue weighted by Gasteiger charge is -2.27. The number of nitrogens with two attached hydrogens (primary N) is 1. The Kier molecular flexibility index (Phi) is 4.19. The van der Waals surface area contributed by atoms with Gasteiger partial charge in [0.05, 0.1) is 19.6 Å². The molecule has 0 aromatic heterocycles. The van der Waals surface area contributed by atoms with E-state index in [0.717, 1.165) is 0 Å². The Hall–Kier alpha value is -1.75. The first-order valence-electron chi connectivity index (χ1n) is 5.55. The van der Waals surface area contributed by atoms with Crippen LogP contribution in [0.1, 0.15) is 25.5 Å². The molecule has 0 saturated heterocycles. The fourth-order valence-electron chi connectivity index (χ4n) is 1.60. The van der Waals surface area contributed by atoms with E-state index in [4.69, 9.17) is 20.3 Å². The van der Waals surface area contributed by atoms with Crippen LogP contribution in [0.2, 0.25) is 0 Å². The van der Waals surface area contributed by atoms with Crippen molar-refractivity contribution in [2.75, 3.05) is 14.2 Å². The second-order valence-electron chi connectivity index (χ2n) is 4.62. The van der Waals surface area contributed by atoms with Crippen molar-refractivity contribution in [2.24, 2.45) is 11.1 Å². The molecule has 18 heavy (non-hydrogen) atoms. The molecule has 1 aromatic rings. The van der Waals surface area contributed by atoms with Crippen LogP contribution >= 0.6 is 0 Å². The fourth-order valence-corrected chi connectivity index (χ4v) is 1.60. The molecule has 5 heteroatoms. The van der Waals surface area contributed by atoms with Gasteiger partial charge in [0.1, 0.15) is 0 Å². The van der Waals surface area contributed by atoms with E-state index in [1.54, 1.807) is 39.2 Å². The highest BCUT2D eigenvalue weighted by molar-refractivity contribution is 5.75. The molecule has 0 radical (unpaired) electrons. The molecule has 1 rings (SSSR count). The van der Waals surface area contributed by atoms with Gasteiger partial charge in [-0.25, -0.2) is 0 Å². The average molecular weight is 253 g/mol. The lowest BCUT2D eigenvalue weighted by Crippen LogP contribution is -2.36. The molecule has 1 atom stereocenters. The van der Waals surface area contributed by atoms with Gasteiger partial charge in [-0.3, -0.25) is 4.79 Å². The van der Waals surface area contributed by atoms with Gasteiger partial charge in [-0.1, -0.05) is 6.07 Å². The first-order valence-corrected chi connectivity index (χ1v) is 5.55. The monoisotopic (exact) mass is 253 g/mol. The Balaban J connectivity index is 3.15. The van der Waals surface area contributed by atoms with Gasteiger partial charge in [-0.2, -0.15) is 0 Å². The number of hydrogen-bond donors (Lipinski definition) is 2. The lowest BCUT2D eigenvalue weighted by molar-refractivity contribution is -0.148. The van der Waals surface area contributed by atoms with Gasteiger partial charge in [0.15, 0.2) is 11.5 Å². The molecule has 0 heterocycles. The number of carboxylic acids is 1. The van der Waals surface area contributed by atoms with Crippen LogP contribution in [-0.2, 0) is 4.79 Å². The normalized spacial score (nSPS) is 12.9. The van der Waals surface area contributed by atoms with E-state index in [1.165, 1.54) is 7.11 Å². The maximum Gasteiger partial charge on any atom is 0.311 e. The third-order valence-electron chi connectivity index (χ3n) is 3.10. The summed E-state index contributed by atoms with van der Waals surface area (Å²) in [5, 5.41) is 9.16. The second kappa shape index (κ2) is 5.27. The molecular weight excluding hydrogens is 234 g/mol. The van der Waals surface area contributed by atoms with E-state index in [-0.39, 0.29) is 0 Å². The van der Waals surface area contributed by atoms with Crippen molar-refractivity contribution in [2.45, 2.75) is 19.9 Å². The number of rotatable bonds is 5. The third kappa shape index (κ3) is 2.56. The number of benzene rings is 1. The van der Waals surface area contributed by atoms with Crippen molar-refractivity contribution in [3.05, 3.63) is 23.8 Å². The van der Waals surface area contributed by atoms with E-state index in [0.29, 0.717) is 17.1 Å². The molecule has 0 fully saturated rings. The van der Waals surface area contributed by atoms with E-state index in [2.05, 4.69) is 0 Å². The molecule has 1 aromatic carbocycles. The van der Waals surface area contributed by atoms with Gasteiger partial charge in [-0.05, 0) is 31.5 Å². The molecule has 0 saturated carbocycles. The summed E-state index contributed by atoms with van der Waals surface area (Å²) in [5.41, 5.74) is 5.65. The molecule has 0 aliphatic heterocycles. The summed E-state index contributed by atoms with van der Waals surface area (Å²) in [4.78, 5) is 11.2. The number of carbonyl (C=O) groups is 1. The molecule has 0 spiro atoms. The predicted octanol–water partition coefficient (Wildman–Crippen LogP) is 1.81. The van der Waals surface area contributed by atoms with Crippen LogP contribution in [0.4, 0.5) is 0 Å². The van der Waals surface area contributed by atoms with Crippen molar-refractivity contribution in [3.8, 4) is 11.5 Å². The SMILES string of the molecule is COc1ccc(C(N)C(C)(C)C(=O)O)cc1OC. The highest BCUT2D eigenvalue weighted by atomic mass is 16.5. The van der Waals surface area contributed by atoms with Crippen molar-refractivity contribution < 1.29 is 19.4 Å². The Labute approximate surface area is 107 Å². The van der Waals surface area contributed by atoms with Crippen molar-refractivity contribution >= 4 is 5.97 Å². The smallest absolute Gasteiger partial charge is 0.311 e. The average Bonchev–Trinajstić information content (AvgIpc) is 2.36. The zero-order valence-electron chi connectivity index (χ0n) is 11.1. The zero-order valence-corrected chi connectivity index (χ0v) is 11.1. The van der Waals surface area contributed by atoms with Crippen LogP contribution in [0.3, 0.4) is 0 Å². The number of aliphatic carboxylic acids is 1. The number of ether oxygens (including phenoxy) is 2. The van der Waals surface area contributed by atoms with Gasteiger partial charge in [-0.15, -0.1) is 0 Å². The molecular formula is C13H19NO4. The van der Waals surface area contributed by atoms with Crippen molar-refractivity contribution in [3.63, 3.8) is 0 Å². The number of hydrogen-bond acceptors (Lipinski definition) is 4. The third-order valence-corrected chi connectivity index (χ3v) is 3.10. The molecule has 100 valence electrons. The fraction of sp³-hybridized carbons (Fsp3) is 0.462. The van der Waals surface area contributed by atoms with Gasteiger partial charge in [0.25, 0.3) is 0 Å². The van der Waals surface area contributed by atoms with Crippen LogP contribution in [0.15, 0.2) is 18.2 Å². The van der Waals surface area contributed by atoms with E-state index < -0.39 is 17.4 Å². The summed E-state index contributed by atoms with van der Waals surface area (Å²) in [7, 11) is 3.06. The van der Waals surface area contributed by atoms with Gasteiger partial charge >= 0.3 is 5.97 Å². The van der Waals surface area contributed by atoms with Crippen molar-refractivity contribution in [1.82, 2.24) is 0 Å². The Morgan fingerprint density at radius 1 is 1.28 bits per heavy atom. The molecule has 3 N–H and O–H groups in total. The zero-order chi connectivity index (χ0) is 13.9. The highest BCUT2D eigenvalue weighted by Gasteiger charge is 2.35. The predicted molar refractivity (Wildman–Crippen MR) is 67.9 cm³/mol. The quantitative estimate of drug-likeness (QED) is 0.836. The molecule has 0 aliphatic rings. The van der Waals surface area contributed by atoms with Crippen molar-refractivity contribution in [1.29, 1.82) is 0 Å². The number of carboxylic acid groups (broad SMARTS) is 1. The minimum absolute atomic E-state index is 0.534. The molecule has 0 bridgehead atoms. The van der Waals surface area contributed by atoms with Crippen LogP contribution in [-0.4, -0.2) is 25.3 Å². The van der Waals surface area contributed by atoms with Crippen LogP contribution in [0, 0.1) is 5.41 Å². The van der Waals surface area contributed by atoms with Crippen LogP contribution in [0.5, 0.6) is 11.5 Å². The first-order chi connectivity index (χ1) is 8.34. The van der Waals surface area contributed by atoms with Gasteiger partial charge in [0.2, 0.25) is 0 Å². The topological polar surface area (TPSA) is 81.8 Å². The summed E-state index contributed by atoms with van der Waals surface area (Å²) in [6.45, 7) is 3.19. The highest BCUT2D eigenvalue weighted by Crippen LogP contribution is 2.36. The second-order valence-corrected chi connectivity index (χ2v) is 4.62. The Bertz CT molecular complexity index is 443. The summed E-state index contributed by atoms with van der Waals surface area (Å²) < 4.78 is 10.3. The Morgan fingerprint density at radius 3 is 2.28 bits per heavy atom. The maximum absolute atomic E-state index is 11.2. The summed E-state index contributed by atoms with van der Waals surface area (Å²) in [6, 6.07) is 4.53.